The molecule has 1 aliphatic heterocycles. The van der Waals surface area contributed by atoms with Gasteiger partial charge < -0.3 is 4.74 Å². The van der Waals surface area contributed by atoms with Crippen molar-refractivity contribution in [3.63, 3.8) is 0 Å². The van der Waals surface area contributed by atoms with Gasteiger partial charge in [0.1, 0.15) is 5.92 Å². The molecule has 0 radical (unpaired) electrons. The highest BCUT2D eigenvalue weighted by molar-refractivity contribution is 6.23. The number of aryl methyl sites for hydroxylation is 3. The first-order valence-corrected chi connectivity index (χ1v) is 7.90. The molecule has 1 aromatic rings. The molecule has 0 N–H and O–H groups in total. The van der Waals surface area contributed by atoms with Crippen molar-refractivity contribution in [2.75, 3.05) is 13.2 Å². The van der Waals surface area contributed by atoms with Gasteiger partial charge in [0.15, 0.2) is 11.6 Å². The van der Waals surface area contributed by atoms with Crippen molar-refractivity contribution in [2.45, 2.75) is 39.5 Å². The van der Waals surface area contributed by atoms with Crippen LogP contribution in [-0.4, -0.2) is 24.8 Å². The molecule has 2 atom stereocenters. The lowest BCUT2D eigenvalue weighted by molar-refractivity contribution is -0.123. The van der Waals surface area contributed by atoms with Crippen molar-refractivity contribution < 1.29 is 14.3 Å². The Morgan fingerprint density at radius 3 is 2.41 bits per heavy atom. The van der Waals surface area contributed by atoms with Gasteiger partial charge in [-0.05, 0) is 43.9 Å². The molecular weight excluding hydrogens is 276 g/mol. The third-order valence-electron chi connectivity index (χ3n) is 4.69. The highest BCUT2D eigenvalue weighted by atomic mass is 16.5. The summed E-state index contributed by atoms with van der Waals surface area (Å²) in [6, 6.07) is 4.10. The third kappa shape index (κ3) is 2.66. The summed E-state index contributed by atoms with van der Waals surface area (Å²) in [6.07, 6.45) is 3.19. The van der Waals surface area contributed by atoms with Crippen LogP contribution in [0.25, 0.3) is 0 Å². The Balaban J connectivity index is 1.95. The van der Waals surface area contributed by atoms with E-state index in [0.29, 0.717) is 12.2 Å². The lowest BCUT2D eigenvalue weighted by Gasteiger charge is -2.15. The van der Waals surface area contributed by atoms with Gasteiger partial charge in [0.05, 0.1) is 6.61 Å². The SMILES string of the molecule is Cc1cc(C)c(C2C(=O)C/C(=C\C3CCOC3)C2=O)c(C)c1. The van der Waals surface area contributed by atoms with E-state index in [0.717, 1.165) is 35.3 Å². The summed E-state index contributed by atoms with van der Waals surface area (Å²) in [6.45, 7) is 7.42. The van der Waals surface area contributed by atoms with Crippen molar-refractivity contribution in [3.8, 4) is 0 Å². The Morgan fingerprint density at radius 2 is 1.82 bits per heavy atom. The Bertz CT molecular complexity index is 640. The van der Waals surface area contributed by atoms with E-state index in [4.69, 9.17) is 4.74 Å². The summed E-state index contributed by atoms with van der Waals surface area (Å²) < 4.78 is 5.35. The largest absolute Gasteiger partial charge is 0.381 e. The molecule has 1 saturated carbocycles. The Morgan fingerprint density at radius 1 is 1.14 bits per heavy atom. The predicted octanol–water partition coefficient (Wildman–Crippen LogP) is 3.20. The van der Waals surface area contributed by atoms with Crippen LogP contribution in [0.2, 0.25) is 0 Å². The van der Waals surface area contributed by atoms with Crippen LogP contribution in [0.4, 0.5) is 0 Å². The van der Waals surface area contributed by atoms with Crippen LogP contribution in [0.1, 0.15) is 41.0 Å². The van der Waals surface area contributed by atoms with Gasteiger partial charge in [-0.25, -0.2) is 0 Å². The maximum atomic E-state index is 12.8. The molecule has 1 saturated heterocycles. The number of benzene rings is 1. The van der Waals surface area contributed by atoms with Crippen LogP contribution in [0, 0.1) is 26.7 Å². The third-order valence-corrected chi connectivity index (χ3v) is 4.69. The summed E-state index contributed by atoms with van der Waals surface area (Å²) in [4.78, 5) is 25.2. The number of hydrogen-bond acceptors (Lipinski definition) is 3. The van der Waals surface area contributed by atoms with E-state index in [-0.39, 0.29) is 23.9 Å². The summed E-state index contributed by atoms with van der Waals surface area (Å²) >= 11 is 0. The number of rotatable bonds is 2. The summed E-state index contributed by atoms with van der Waals surface area (Å²) in [5.41, 5.74) is 4.83. The quantitative estimate of drug-likeness (QED) is 0.622. The first-order valence-electron chi connectivity index (χ1n) is 7.90. The number of Topliss-reactive ketones (excluding diaryl/α,β-unsaturated/α-hetero) is 2. The topological polar surface area (TPSA) is 43.4 Å². The van der Waals surface area contributed by atoms with E-state index in [1.807, 2.05) is 26.8 Å². The molecule has 2 fully saturated rings. The van der Waals surface area contributed by atoms with Crippen LogP contribution in [0.5, 0.6) is 0 Å². The van der Waals surface area contributed by atoms with E-state index in [1.54, 1.807) is 0 Å². The summed E-state index contributed by atoms with van der Waals surface area (Å²) in [5, 5.41) is 0. The smallest absolute Gasteiger partial charge is 0.173 e. The summed E-state index contributed by atoms with van der Waals surface area (Å²) in [5.74, 6) is -0.294. The number of ketones is 2. The van der Waals surface area contributed by atoms with Gasteiger partial charge in [-0.1, -0.05) is 23.8 Å². The maximum Gasteiger partial charge on any atom is 0.173 e. The van der Waals surface area contributed by atoms with Gasteiger partial charge in [0, 0.05) is 24.5 Å². The van der Waals surface area contributed by atoms with Gasteiger partial charge in [0.25, 0.3) is 0 Å². The molecule has 0 bridgehead atoms. The zero-order chi connectivity index (χ0) is 15.9. The molecule has 3 heteroatoms. The highest BCUT2D eigenvalue weighted by Crippen LogP contribution is 2.36. The molecule has 1 aliphatic carbocycles. The molecular formula is C19H22O3. The number of hydrogen-bond donors (Lipinski definition) is 0. The fourth-order valence-corrected chi connectivity index (χ4v) is 3.76. The van der Waals surface area contributed by atoms with E-state index in [2.05, 4.69) is 12.1 Å². The monoisotopic (exact) mass is 298 g/mol. The van der Waals surface area contributed by atoms with Gasteiger partial charge in [-0.2, -0.15) is 0 Å². The van der Waals surface area contributed by atoms with Crippen molar-refractivity contribution in [3.05, 3.63) is 46.0 Å². The molecule has 3 rings (SSSR count). The molecule has 0 spiro atoms. The number of carbonyl (C=O) groups excluding carboxylic acids is 2. The normalized spacial score (nSPS) is 27.1. The first kappa shape index (κ1) is 15.2. The molecule has 1 heterocycles. The molecule has 0 amide bonds. The van der Waals surface area contributed by atoms with Gasteiger partial charge in [-0.3, -0.25) is 9.59 Å². The van der Waals surface area contributed by atoms with Crippen LogP contribution >= 0.6 is 0 Å². The molecule has 0 aromatic heterocycles. The fourth-order valence-electron chi connectivity index (χ4n) is 3.76. The molecule has 1 aromatic carbocycles. The van der Waals surface area contributed by atoms with Gasteiger partial charge in [-0.15, -0.1) is 0 Å². The lowest BCUT2D eigenvalue weighted by Crippen LogP contribution is -2.15. The van der Waals surface area contributed by atoms with Crippen LogP contribution in [0.15, 0.2) is 23.8 Å². The minimum Gasteiger partial charge on any atom is -0.381 e. The zero-order valence-corrected chi connectivity index (χ0v) is 13.4. The van der Waals surface area contributed by atoms with Crippen molar-refractivity contribution in [1.82, 2.24) is 0 Å². The second-order valence-corrected chi connectivity index (χ2v) is 6.57. The van der Waals surface area contributed by atoms with E-state index in [9.17, 15) is 9.59 Å². The molecule has 2 aliphatic rings. The lowest BCUT2D eigenvalue weighted by atomic mass is 9.87. The van der Waals surface area contributed by atoms with Crippen LogP contribution in [0.3, 0.4) is 0 Å². The molecule has 2 unspecified atom stereocenters. The zero-order valence-electron chi connectivity index (χ0n) is 13.4. The average Bonchev–Trinajstić information content (AvgIpc) is 3.02. The fraction of sp³-hybridized carbons (Fsp3) is 0.474. The number of ether oxygens (including phenoxy) is 1. The first-order chi connectivity index (χ1) is 10.5. The van der Waals surface area contributed by atoms with E-state index >= 15 is 0 Å². The minimum atomic E-state index is -0.603. The summed E-state index contributed by atoms with van der Waals surface area (Å²) in [7, 11) is 0. The van der Waals surface area contributed by atoms with E-state index in [1.165, 1.54) is 0 Å². The number of allylic oxidation sites excluding steroid dienone is 1. The second kappa shape index (κ2) is 5.81. The van der Waals surface area contributed by atoms with Crippen molar-refractivity contribution in [2.24, 2.45) is 5.92 Å². The highest BCUT2D eigenvalue weighted by Gasteiger charge is 2.40. The molecule has 3 nitrogen and oxygen atoms in total. The molecule has 116 valence electrons. The standard InChI is InChI=1S/C19H22O3/c1-11-6-12(2)17(13(3)7-11)18-16(20)9-15(19(18)21)8-14-4-5-22-10-14/h6-8,14,18H,4-5,9-10H2,1-3H3/b15-8+. The minimum absolute atomic E-state index is 0.00745. The van der Waals surface area contributed by atoms with Crippen LogP contribution < -0.4 is 0 Å². The van der Waals surface area contributed by atoms with E-state index < -0.39 is 5.92 Å². The Labute approximate surface area is 131 Å². The Hall–Kier alpha value is -1.74. The second-order valence-electron chi connectivity index (χ2n) is 6.57. The van der Waals surface area contributed by atoms with Gasteiger partial charge >= 0.3 is 0 Å². The maximum absolute atomic E-state index is 12.8. The number of carbonyl (C=O) groups is 2. The van der Waals surface area contributed by atoms with Crippen molar-refractivity contribution in [1.29, 1.82) is 0 Å². The molecule has 22 heavy (non-hydrogen) atoms. The van der Waals surface area contributed by atoms with Crippen LogP contribution in [-0.2, 0) is 14.3 Å². The average molecular weight is 298 g/mol. The van der Waals surface area contributed by atoms with Crippen molar-refractivity contribution >= 4 is 11.6 Å². The Kier molecular flexibility index (Phi) is 4.00. The predicted molar refractivity (Wildman–Crippen MR) is 85.0 cm³/mol. The van der Waals surface area contributed by atoms with Gasteiger partial charge in [0.2, 0.25) is 0 Å².